The van der Waals surface area contributed by atoms with Gasteiger partial charge >= 0.3 is 0 Å². The molecular weight excluding hydrogens is 422 g/mol. The van der Waals surface area contributed by atoms with Gasteiger partial charge in [-0.05, 0) is 17.7 Å². The number of anilines is 1. The number of fused-ring (bicyclic) bond motifs is 1. The Hall–Kier alpha value is -3.56. The molecule has 1 fully saturated rings. The lowest BCUT2D eigenvalue weighted by molar-refractivity contribution is -0.384. The minimum atomic E-state index is -0.359. The highest BCUT2D eigenvalue weighted by molar-refractivity contribution is 5.44. The first kappa shape index (κ1) is 21.3. The molecule has 9 nitrogen and oxygen atoms in total. The number of nitro benzene ring substituents is 1. The van der Waals surface area contributed by atoms with Crippen LogP contribution in [0.4, 0.5) is 11.6 Å². The van der Waals surface area contributed by atoms with Gasteiger partial charge < -0.3 is 14.4 Å². The maximum atomic E-state index is 11.1. The summed E-state index contributed by atoms with van der Waals surface area (Å²) >= 11 is 0. The fourth-order valence-electron chi connectivity index (χ4n) is 4.18. The van der Waals surface area contributed by atoms with Crippen LogP contribution in [0.5, 0.6) is 11.6 Å². The van der Waals surface area contributed by atoms with Crippen LogP contribution in [0, 0.1) is 10.1 Å². The second-order valence-electron chi connectivity index (χ2n) is 8.16. The van der Waals surface area contributed by atoms with Gasteiger partial charge in [-0.1, -0.05) is 30.3 Å². The fraction of sp³-hybridized carbons (Fsp3) is 0.333. The van der Waals surface area contributed by atoms with Crippen molar-refractivity contribution in [2.24, 2.45) is 0 Å². The van der Waals surface area contributed by atoms with E-state index in [0.717, 1.165) is 48.6 Å². The molecule has 0 spiro atoms. The van der Waals surface area contributed by atoms with E-state index in [-0.39, 0.29) is 10.6 Å². The average Bonchev–Trinajstić information content (AvgIpc) is 2.85. The lowest BCUT2D eigenvalue weighted by Gasteiger charge is -2.31. The van der Waals surface area contributed by atoms with Crippen LogP contribution in [0.1, 0.15) is 16.8 Å². The third kappa shape index (κ3) is 4.94. The van der Waals surface area contributed by atoms with Crippen molar-refractivity contribution in [3.8, 4) is 11.6 Å². The highest BCUT2D eigenvalue weighted by atomic mass is 16.6. The first-order valence-corrected chi connectivity index (χ1v) is 11.1. The molecule has 0 unspecified atom stereocenters. The van der Waals surface area contributed by atoms with E-state index >= 15 is 0 Å². The number of ether oxygens (including phenoxy) is 2. The molecule has 0 bridgehead atoms. The van der Waals surface area contributed by atoms with E-state index in [9.17, 15) is 10.1 Å². The van der Waals surface area contributed by atoms with Gasteiger partial charge in [0.05, 0.1) is 29.4 Å². The van der Waals surface area contributed by atoms with Crippen molar-refractivity contribution in [2.45, 2.75) is 19.5 Å². The number of hydrogen-bond acceptors (Lipinski definition) is 8. The summed E-state index contributed by atoms with van der Waals surface area (Å²) in [5.74, 6) is 1.97. The summed E-state index contributed by atoms with van der Waals surface area (Å²) in [6, 6.07) is 16.4. The number of hydrogen-bond donors (Lipinski definition) is 0. The van der Waals surface area contributed by atoms with Crippen LogP contribution in [0.3, 0.4) is 0 Å². The molecule has 2 aliphatic heterocycles. The molecule has 0 atom stereocenters. The Labute approximate surface area is 191 Å². The first-order valence-electron chi connectivity index (χ1n) is 11.1. The molecule has 0 radical (unpaired) electrons. The third-order valence-electron chi connectivity index (χ3n) is 5.87. The van der Waals surface area contributed by atoms with Gasteiger partial charge in [0.1, 0.15) is 5.75 Å². The lowest BCUT2D eigenvalue weighted by atomic mass is 10.1. The summed E-state index contributed by atoms with van der Waals surface area (Å²) in [4.78, 5) is 24.8. The molecule has 33 heavy (non-hydrogen) atoms. The van der Waals surface area contributed by atoms with Gasteiger partial charge in [0.25, 0.3) is 5.69 Å². The van der Waals surface area contributed by atoms with E-state index in [0.29, 0.717) is 38.1 Å². The monoisotopic (exact) mass is 447 g/mol. The van der Waals surface area contributed by atoms with Crippen molar-refractivity contribution in [3.63, 3.8) is 0 Å². The van der Waals surface area contributed by atoms with Crippen LogP contribution < -0.4 is 9.64 Å². The van der Waals surface area contributed by atoms with E-state index in [1.165, 1.54) is 6.07 Å². The van der Waals surface area contributed by atoms with Crippen molar-refractivity contribution in [1.29, 1.82) is 0 Å². The molecule has 9 heteroatoms. The van der Waals surface area contributed by atoms with E-state index < -0.39 is 0 Å². The van der Waals surface area contributed by atoms with Crippen LogP contribution in [-0.2, 0) is 24.2 Å². The molecule has 0 saturated carbocycles. The summed E-state index contributed by atoms with van der Waals surface area (Å²) in [5.41, 5.74) is 2.97. The SMILES string of the molecule is O=[N+]([O-])c1cccc(CN2CCc3nc(N4CCOCC4)nc(Oc4ccccc4)c3C2)c1. The number of aromatic nitrogens is 2. The predicted molar refractivity (Wildman–Crippen MR) is 122 cm³/mol. The van der Waals surface area contributed by atoms with Gasteiger partial charge in [-0.25, -0.2) is 4.98 Å². The second kappa shape index (κ2) is 9.51. The normalized spacial score (nSPS) is 16.3. The van der Waals surface area contributed by atoms with E-state index in [4.69, 9.17) is 19.4 Å². The van der Waals surface area contributed by atoms with Crippen molar-refractivity contribution in [1.82, 2.24) is 14.9 Å². The van der Waals surface area contributed by atoms with Crippen molar-refractivity contribution in [2.75, 3.05) is 37.7 Å². The van der Waals surface area contributed by atoms with Crippen LogP contribution in [-0.4, -0.2) is 52.6 Å². The van der Waals surface area contributed by atoms with Crippen LogP contribution >= 0.6 is 0 Å². The molecule has 1 aromatic heterocycles. The molecule has 3 aromatic rings. The molecule has 2 aromatic carbocycles. The fourth-order valence-corrected chi connectivity index (χ4v) is 4.18. The third-order valence-corrected chi connectivity index (χ3v) is 5.87. The Kier molecular flexibility index (Phi) is 6.14. The van der Waals surface area contributed by atoms with Crippen molar-refractivity contribution >= 4 is 11.6 Å². The molecular formula is C24H25N5O4. The second-order valence-corrected chi connectivity index (χ2v) is 8.16. The standard InChI is InChI=1S/C24H25N5O4/c30-29(31)19-6-4-5-18(15-19)16-27-10-9-22-21(17-27)23(33-20-7-2-1-3-8-20)26-24(25-22)28-11-13-32-14-12-28/h1-8,15H,9-14,16-17H2. The Balaban J connectivity index is 1.43. The Morgan fingerprint density at radius 1 is 1.03 bits per heavy atom. The van der Waals surface area contributed by atoms with Crippen LogP contribution in [0.25, 0.3) is 0 Å². The largest absolute Gasteiger partial charge is 0.439 e. The quantitative estimate of drug-likeness (QED) is 0.418. The van der Waals surface area contributed by atoms with Gasteiger partial charge in [-0.15, -0.1) is 0 Å². The van der Waals surface area contributed by atoms with Gasteiger partial charge in [-0.2, -0.15) is 4.98 Å². The Bertz CT molecular complexity index is 1130. The number of para-hydroxylation sites is 1. The van der Waals surface area contributed by atoms with Gasteiger partial charge in [0.2, 0.25) is 11.8 Å². The number of non-ortho nitro benzene ring substituents is 1. The Morgan fingerprint density at radius 3 is 2.64 bits per heavy atom. The number of nitro groups is 1. The molecule has 2 aliphatic rings. The van der Waals surface area contributed by atoms with Gasteiger partial charge in [0, 0.05) is 51.3 Å². The topological polar surface area (TPSA) is 93.9 Å². The summed E-state index contributed by atoms with van der Waals surface area (Å²) in [6.45, 7) is 4.85. The summed E-state index contributed by atoms with van der Waals surface area (Å²) < 4.78 is 11.7. The molecule has 170 valence electrons. The van der Waals surface area contributed by atoms with E-state index in [1.807, 2.05) is 36.4 Å². The van der Waals surface area contributed by atoms with Crippen molar-refractivity contribution < 1.29 is 14.4 Å². The molecule has 0 aliphatic carbocycles. The highest BCUT2D eigenvalue weighted by Crippen LogP contribution is 2.32. The average molecular weight is 447 g/mol. The van der Waals surface area contributed by atoms with Gasteiger partial charge in [0.15, 0.2) is 0 Å². The Morgan fingerprint density at radius 2 is 1.85 bits per heavy atom. The summed E-state index contributed by atoms with van der Waals surface area (Å²) in [5, 5.41) is 11.1. The zero-order chi connectivity index (χ0) is 22.6. The number of morpholine rings is 1. The van der Waals surface area contributed by atoms with Crippen LogP contribution in [0.2, 0.25) is 0 Å². The first-order chi connectivity index (χ1) is 16.2. The maximum Gasteiger partial charge on any atom is 0.269 e. The molecule has 5 rings (SSSR count). The number of rotatable bonds is 6. The minimum absolute atomic E-state index is 0.108. The zero-order valence-electron chi connectivity index (χ0n) is 18.2. The predicted octanol–water partition coefficient (Wildman–Crippen LogP) is 3.57. The zero-order valence-corrected chi connectivity index (χ0v) is 18.2. The minimum Gasteiger partial charge on any atom is -0.439 e. The number of benzene rings is 2. The summed E-state index contributed by atoms with van der Waals surface area (Å²) in [7, 11) is 0. The van der Waals surface area contributed by atoms with Gasteiger partial charge in [-0.3, -0.25) is 15.0 Å². The summed E-state index contributed by atoms with van der Waals surface area (Å²) in [6.07, 6.45) is 0.759. The van der Waals surface area contributed by atoms with E-state index in [1.54, 1.807) is 12.1 Å². The highest BCUT2D eigenvalue weighted by Gasteiger charge is 2.26. The molecule has 1 saturated heterocycles. The maximum absolute atomic E-state index is 11.1. The van der Waals surface area contributed by atoms with Crippen LogP contribution in [0.15, 0.2) is 54.6 Å². The van der Waals surface area contributed by atoms with E-state index in [2.05, 4.69) is 9.80 Å². The molecule has 3 heterocycles. The van der Waals surface area contributed by atoms with Crippen molar-refractivity contribution in [3.05, 3.63) is 81.5 Å². The molecule has 0 amide bonds. The smallest absolute Gasteiger partial charge is 0.269 e. The number of nitrogens with zero attached hydrogens (tertiary/aromatic N) is 5. The molecule has 0 N–H and O–H groups in total. The lowest BCUT2D eigenvalue weighted by Crippen LogP contribution is -2.38.